The summed E-state index contributed by atoms with van der Waals surface area (Å²) in [6.07, 6.45) is 1.62. The largest absolute Gasteiger partial charge is 0.319 e. The minimum Gasteiger partial charge on any atom is -0.319 e. The van der Waals surface area contributed by atoms with E-state index in [1.54, 1.807) is 13.0 Å². The van der Waals surface area contributed by atoms with Crippen molar-refractivity contribution >= 4 is 21.6 Å². The van der Waals surface area contributed by atoms with Gasteiger partial charge in [0.1, 0.15) is 11.6 Å². The van der Waals surface area contributed by atoms with Crippen LogP contribution in [0.1, 0.15) is 28.8 Å². The van der Waals surface area contributed by atoms with Crippen molar-refractivity contribution in [1.29, 1.82) is 0 Å². The zero-order valence-electron chi connectivity index (χ0n) is 14.1. The monoisotopic (exact) mass is 380 g/mol. The molecule has 5 nitrogen and oxygen atoms in total. The highest BCUT2D eigenvalue weighted by Crippen LogP contribution is 2.24. The van der Waals surface area contributed by atoms with Crippen molar-refractivity contribution in [3.05, 3.63) is 59.2 Å². The lowest BCUT2D eigenvalue weighted by Gasteiger charge is -2.17. The molecule has 1 saturated heterocycles. The van der Waals surface area contributed by atoms with Crippen LogP contribution < -0.4 is 5.32 Å². The van der Waals surface area contributed by atoms with Gasteiger partial charge in [0.05, 0.1) is 10.6 Å². The number of carbonyl (C=O) groups is 1. The summed E-state index contributed by atoms with van der Waals surface area (Å²) >= 11 is 0. The van der Waals surface area contributed by atoms with Crippen LogP contribution in [0.5, 0.6) is 0 Å². The number of rotatable bonds is 4. The van der Waals surface area contributed by atoms with Crippen LogP contribution in [0.2, 0.25) is 0 Å². The van der Waals surface area contributed by atoms with E-state index in [0.29, 0.717) is 24.7 Å². The first-order valence-corrected chi connectivity index (χ1v) is 9.60. The molecule has 0 radical (unpaired) electrons. The normalized spacial score (nSPS) is 15.2. The predicted octanol–water partition coefficient (Wildman–Crippen LogP) is 3.31. The molecular weight excluding hydrogens is 362 g/mol. The average Bonchev–Trinajstić information content (AvgIpc) is 3.13. The second kappa shape index (κ2) is 7.13. The number of hydrogen-bond donors (Lipinski definition) is 1. The van der Waals surface area contributed by atoms with Crippen molar-refractivity contribution < 1.29 is 22.0 Å². The van der Waals surface area contributed by atoms with E-state index in [1.165, 1.54) is 16.4 Å². The Kier molecular flexibility index (Phi) is 5.06. The van der Waals surface area contributed by atoms with E-state index in [4.69, 9.17) is 0 Å². The number of anilines is 1. The van der Waals surface area contributed by atoms with E-state index in [1.807, 2.05) is 0 Å². The quantitative estimate of drug-likeness (QED) is 0.885. The molecular formula is C18H18F2N2O3S. The smallest absolute Gasteiger partial charge is 0.256 e. The molecule has 0 saturated carbocycles. The maximum atomic E-state index is 13.7. The molecule has 8 heteroatoms. The summed E-state index contributed by atoms with van der Waals surface area (Å²) in [6.45, 7) is 2.57. The Labute approximate surface area is 150 Å². The van der Waals surface area contributed by atoms with Gasteiger partial charge in [-0.05, 0) is 49.6 Å². The number of benzene rings is 2. The van der Waals surface area contributed by atoms with Gasteiger partial charge in [-0.3, -0.25) is 4.79 Å². The minimum absolute atomic E-state index is 0.0229. The number of halogens is 2. The standard InChI is InChI=1S/C18H18F2N2O3S/c1-12-4-6-14(26(24,25)22-8-2-3-9-22)11-15(12)18(23)21-17-7-5-13(19)10-16(17)20/h4-7,10-11H,2-3,8-9H2,1H3,(H,21,23). The third-order valence-corrected chi connectivity index (χ3v) is 6.23. The molecule has 1 fully saturated rings. The highest BCUT2D eigenvalue weighted by molar-refractivity contribution is 7.89. The van der Waals surface area contributed by atoms with Crippen molar-refractivity contribution in [1.82, 2.24) is 4.31 Å². The summed E-state index contributed by atoms with van der Waals surface area (Å²) in [5.41, 5.74) is 0.489. The van der Waals surface area contributed by atoms with Gasteiger partial charge in [-0.25, -0.2) is 17.2 Å². The van der Waals surface area contributed by atoms with Crippen LogP contribution in [-0.4, -0.2) is 31.7 Å². The van der Waals surface area contributed by atoms with Gasteiger partial charge in [0.2, 0.25) is 10.0 Å². The van der Waals surface area contributed by atoms with Crippen LogP contribution in [0.15, 0.2) is 41.3 Å². The molecule has 0 aromatic heterocycles. The van der Waals surface area contributed by atoms with Gasteiger partial charge in [0, 0.05) is 24.7 Å². The third kappa shape index (κ3) is 3.61. The second-order valence-electron chi connectivity index (χ2n) is 6.17. The number of carbonyl (C=O) groups excluding carboxylic acids is 1. The number of sulfonamides is 1. The lowest BCUT2D eigenvalue weighted by molar-refractivity contribution is 0.102. The maximum Gasteiger partial charge on any atom is 0.256 e. The molecule has 26 heavy (non-hydrogen) atoms. The number of amides is 1. The van der Waals surface area contributed by atoms with Gasteiger partial charge in [-0.15, -0.1) is 0 Å². The highest BCUT2D eigenvalue weighted by Gasteiger charge is 2.28. The fourth-order valence-corrected chi connectivity index (χ4v) is 4.41. The molecule has 0 aliphatic carbocycles. The molecule has 138 valence electrons. The zero-order chi connectivity index (χ0) is 18.9. The van der Waals surface area contributed by atoms with Crippen molar-refractivity contribution in [2.45, 2.75) is 24.7 Å². The average molecular weight is 380 g/mol. The lowest BCUT2D eigenvalue weighted by atomic mass is 10.1. The number of aryl methyl sites for hydroxylation is 1. The molecule has 1 heterocycles. The Morgan fingerprint density at radius 1 is 1.08 bits per heavy atom. The summed E-state index contributed by atoms with van der Waals surface area (Å²) in [7, 11) is -3.67. The molecule has 0 unspecified atom stereocenters. The molecule has 0 spiro atoms. The Hall–Kier alpha value is -2.32. The third-order valence-electron chi connectivity index (χ3n) is 4.34. The van der Waals surface area contributed by atoms with Crippen molar-refractivity contribution in [3.63, 3.8) is 0 Å². The van der Waals surface area contributed by atoms with E-state index in [-0.39, 0.29) is 16.1 Å². The SMILES string of the molecule is Cc1ccc(S(=O)(=O)N2CCCC2)cc1C(=O)Nc1ccc(F)cc1F. The Balaban J connectivity index is 1.91. The molecule has 0 bridgehead atoms. The molecule has 0 atom stereocenters. The van der Waals surface area contributed by atoms with Gasteiger partial charge in [-0.2, -0.15) is 4.31 Å². The van der Waals surface area contributed by atoms with E-state index >= 15 is 0 Å². The first-order valence-electron chi connectivity index (χ1n) is 8.16. The summed E-state index contributed by atoms with van der Waals surface area (Å²) in [4.78, 5) is 12.5. The first-order chi connectivity index (χ1) is 12.3. The fourth-order valence-electron chi connectivity index (χ4n) is 2.86. The van der Waals surface area contributed by atoms with Crippen LogP contribution in [0.4, 0.5) is 14.5 Å². The van der Waals surface area contributed by atoms with Crippen LogP contribution in [0.25, 0.3) is 0 Å². The summed E-state index contributed by atoms with van der Waals surface area (Å²) in [5, 5.41) is 2.35. The first kappa shape index (κ1) is 18.5. The Morgan fingerprint density at radius 3 is 2.42 bits per heavy atom. The van der Waals surface area contributed by atoms with Gasteiger partial charge < -0.3 is 5.32 Å². The van der Waals surface area contributed by atoms with E-state index in [0.717, 1.165) is 25.0 Å². The molecule has 1 N–H and O–H groups in total. The molecule has 2 aromatic rings. The predicted molar refractivity (Wildman–Crippen MR) is 93.5 cm³/mol. The summed E-state index contributed by atoms with van der Waals surface area (Å²) < 4.78 is 53.4. The Morgan fingerprint density at radius 2 is 1.77 bits per heavy atom. The fraction of sp³-hybridized carbons (Fsp3) is 0.278. The summed E-state index contributed by atoms with van der Waals surface area (Å²) in [6, 6.07) is 7.09. The number of nitrogens with zero attached hydrogens (tertiary/aromatic N) is 1. The van der Waals surface area contributed by atoms with Gasteiger partial charge in [0.25, 0.3) is 5.91 Å². The summed E-state index contributed by atoms with van der Waals surface area (Å²) in [5.74, 6) is -2.32. The van der Waals surface area contributed by atoms with E-state index in [2.05, 4.69) is 5.32 Å². The van der Waals surface area contributed by atoms with Crippen LogP contribution >= 0.6 is 0 Å². The van der Waals surface area contributed by atoms with Crippen molar-refractivity contribution in [2.24, 2.45) is 0 Å². The van der Waals surface area contributed by atoms with E-state index in [9.17, 15) is 22.0 Å². The van der Waals surface area contributed by atoms with Crippen LogP contribution in [-0.2, 0) is 10.0 Å². The van der Waals surface area contributed by atoms with Gasteiger partial charge >= 0.3 is 0 Å². The highest BCUT2D eigenvalue weighted by atomic mass is 32.2. The second-order valence-corrected chi connectivity index (χ2v) is 8.10. The molecule has 1 aliphatic rings. The molecule has 3 rings (SSSR count). The zero-order valence-corrected chi connectivity index (χ0v) is 14.9. The molecule has 1 aliphatic heterocycles. The van der Waals surface area contributed by atoms with Gasteiger partial charge in [-0.1, -0.05) is 6.07 Å². The minimum atomic E-state index is -3.67. The maximum absolute atomic E-state index is 13.7. The van der Waals surface area contributed by atoms with Crippen molar-refractivity contribution in [3.8, 4) is 0 Å². The van der Waals surface area contributed by atoms with Crippen molar-refractivity contribution in [2.75, 3.05) is 18.4 Å². The lowest BCUT2D eigenvalue weighted by Crippen LogP contribution is -2.28. The molecule has 2 aromatic carbocycles. The molecule has 1 amide bonds. The number of nitrogens with one attached hydrogen (secondary N) is 1. The van der Waals surface area contributed by atoms with Crippen LogP contribution in [0, 0.1) is 18.6 Å². The Bertz CT molecular complexity index is 955. The topological polar surface area (TPSA) is 66.5 Å². The van der Waals surface area contributed by atoms with Gasteiger partial charge in [0.15, 0.2) is 0 Å². The van der Waals surface area contributed by atoms with Crippen LogP contribution in [0.3, 0.4) is 0 Å². The van der Waals surface area contributed by atoms with E-state index < -0.39 is 27.6 Å². The number of hydrogen-bond acceptors (Lipinski definition) is 3.